The van der Waals surface area contributed by atoms with Gasteiger partial charge in [-0.25, -0.2) is 4.79 Å². The van der Waals surface area contributed by atoms with E-state index in [1.165, 1.54) is 24.3 Å². The summed E-state index contributed by atoms with van der Waals surface area (Å²) in [6.45, 7) is 0.209. The SMILES string of the molecule is O=C(Oc1ccc(Cl)cc1Cl)c1ccc(NC2=C(Cl)C(=O)N(CCc3ccccc3)C2=O)cc1. The van der Waals surface area contributed by atoms with Crippen molar-refractivity contribution in [3.05, 3.63) is 105 Å². The largest absolute Gasteiger partial charge is 0.421 e. The van der Waals surface area contributed by atoms with Gasteiger partial charge in [0.25, 0.3) is 11.8 Å². The van der Waals surface area contributed by atoms with Crippen molar-refractivity contribution in [1.82, 2.24) is 4.90 Å². The van der Waals surface area contributed by atoms with Gasteiger partial charge in [0.1, 0.15) is 16.5 Å². The third-order valence-corrected chi connectivity index (χ3v) is 5.95. The van der Waals surface area contributed by atoms with Crippen molar-refractivity contribution in [3.63, 3.8) is 0 Å². The van der Waals surface area contributed by atoms with Crippen molar-refractivity contribution in [3.8, 4) is 5.75 Å². The molecule has 4 rings (SSSR count). The lowest BCUT2D eigenvalue weighted by molar-refractivity contribution is -0.137. The molecule has 0 saturated heterocycles. The Kier molecular flexibility index (Phi) is 7.22. The Hall–Kier alpha value is -3.32. The van der Waals surface area contributed by atoms with Crippen LogP contribution in [0.5, 0.6) is 5.75 Å². The summed E-state index contributed by atoms with van der Waals surface area (Å²) < 4.78 is 5.30. The molecule has 0 saturated carbocycles. The number of rotatable bonds is 7. The maximum Gasteiger partial charge on any atom is 0.343 e. The number of carbonyl (C=O) groups excluding carboxylic acids is 3. The summed E-state index contributed by atoms with van der Waals surface area (Å²) in [5.41, 5.74) is 1.72. The second kappa shape index (κ2) is 10.3. The van der Waals surface area contributed by atoms with E-state index in [-0.39, 0.29) is 33.6 Å². The minimum Gasteiger partial charge on any atom is -0.421 e. The highest BCUT2D eigenvalue weighted by atomic mass is 35.5. The number of nitrogens with one attached hydrogen (secondary N) is 1. The van der Waals surface area contributed by atoms with E-state index in [1.807, 2.05) is 30.3 Å². The molecule has 0 unspecified atom stereocenters. The van der Waals surface area contributed by atoms with E-state index < -0.39 is 17.8 Å². The standard InChI is InChI=1S/C25H17Cl3N2O4/c26-17-8-11-20(19(27)14-17)34-25(33)16-6-9-18(10-7-16)29-22-21(28)23(31)30(24(22)32)13-12-15-4-2-1-3-5-15/h1-11,14,29H,12-13H2. The maximum absolute atomic E-state index is 12.8. The van der Waals surface area contributed by atoms with E-state index in [2.05, 4.69) is 5.32 Å². The first-order valence-corrected chi connectivity index (χ1v) is 11.3. The van der Waals surface area contributed by atoms with Crippen LogP contribution in [0.15, 0.2) is 83.5 Å². The average Bonchev–Trinajstić information content (AvgIpc) is 3.03. The van der Waals surface area contributed by atoms with Crippen molar-refractivity contribution < 1.29 is 19.1 Å². The van der Waals surface area contributed by atoms with Gasteiger partial charge in [-0.3, -0.25) is 14.5 Å². The van der Waals surface area contributed by atoms with Crippen LogP contribution in [0.2, 0.25) is 10.0 Å². The highest BCUT2D eigenvalue weighted by Gasteiger charge is 2.37. The lowest BCUT2D eigenvalue weighted by Gasteiger charge is -2.15. The Bertz CT molecular complexity index is 1290. The van der Waals surface area contributed by atoms with E-state index in [0.29, 0.717) is 17.1 Å². The van der Waals surface area contributed by atoms with Crippen molar-refractivity contribution in [2.24, 2.45) is 0 Å². The van der Waals surface area contributed by atoms with Gasteiger partial charge in [0, 0.05) is 17.3 Å². The zero-order chi connectivity index (χ0) is 24.2. The smallest absolute Gasteiger partial charge is 0.343 e. The molecule has 9 heteroatoms. The average molecular weight is 516 g/mol. The number of benzene rings is 3. The fourth-order valence-corrected chi connectivity index (χ4v) is 3.97. The second-order valence-electron chi connectivity index (χ2n) is 7.35. The van der Waals surface area contributed by atoms with Crippen molar-refractivity contribution in [1.29, 1.82) is 0 Å². The molecule has 1 aliphatic heterocycles. The number of hydrogen-bond acceptors (Lipinski definition) is 5. The number of amides is 2. The van der Waals surface area contributed by atoms with E-state index in [0.717, 1.165) is 10.5 Å². The van der Waals surface area contributed by atoms with Crippen molar-refractivity contribution >= 4 is 58.3 Å². The molecule has 0 atom stereocenters. The number of ether oxygens (including phenoxy) is 1. The third kappa shape index (κ3) is 5.25. The first kappa shape index (κ1) is 23.8. The molecule has 6 nitrogen and oxygen atoms in total. The van der Waals surface area contributed by atoms with Gasteiger partial charge >= 0.3 is 5.97 Å². The van der Waals surface area contributed by atoms with Gasteiger partial charge in [-0.2, -0.15) is 0 Å². The number of hydrogen-bond donors (Lipinski definition) is 1. The molecular weight excluding hydrogens is 499 g/mol. The fourth-order valence-electron chi connectivity index (χ4n) is 3.29. The predicted octanol–water partition coefficient (Wildman–Crippen LogP) is 5.69. The molecule has 1 N–H and O–H groups in total. The van der Waals surface area contributed by atoms with Crippen LogP contribution in [0, 0.1) is 0 Å². The number of imide groups is 1. The molecular formula is C25H17Cl3N2O4. The highest BCUT2D eigenvalue weighted by Crippen LogP contribution is 2.29. The minimum absolute atomic E-state index is 0.0111. The number of anilines is 1. The molecule has 172 valence electrons. The third-order valence-electron chi connectivity index (χ3n) is 5.06. The fraction of sp³-hybridized carbons (Fsp3) is 0.0800. The Balaban J connectivity index is 1.40. The molecule has 0 fully saturated rings. The van der Waals surface area contributed by atoms with Gasteiger partial charge in [0.15, 0.2) is 0 Å². The Labute approximate surface area is 210 Å². The summed E-state index contributed by atoms with van der Waals surface area (Å²) in [5, 5.41) is 3.33. The second-order valence-corrected chi connectivity index (χ2v) is 8.57. The maximum atomic E-state index is 12.8. The van der Waals surface area contributed by atoms with E-state index in [9.17, 15) is 14.4 Å². The van der Waals surface area contributed by atoms with Crippen LogP contribution in [0.4, 0.5) is 5.69 Å². The molecule has 0 spiro atoms. The zero-order valence-corrected chi connectivity index (χ0v) is 19.8. The summed E-state index contributed by atoms with van der Waals surface area (Å²) in [6.07, 6.45) is 0.518. The van der Waals surface area contributed by atoms with Gasteiger partial charge < -0.3 is 10.1 Å². The molecule has 1 aliphatic rings. The molecule has 1 heterocycles. The molecule has 0 radical (unpaired) electrons. The van der Waals surface area contributed by atoms with E-state index in [1.54, 1.807) is 18.2 Å². The molecule has 2 amide bonds. The van der Waals surface area contributed by atoms with Gasteiger partial charge in [-0.15, -0.1) is 0 Å². The molecule has 3 aromatic rings. The summed E-state index contributed by atoms with van der Waals surface area (Å²) in [7, 11) is 0. The summed E-state index contributed by atoms with van der Waals surface area (Å²) in [5.74, 6) is -1.50. The molecule has 34 heavy (non-hydrogen) atoms. The van der Waals surface area contributed by atoms with E-state index >= 15 is 0 Å². The lowest BCUT2D eigenvalue weighted by atomic mass is 10.1. The van der Waals surface area contributed by atoms with Crippen LogP contribution >= 0.6 is 34.8 Å². The normalized spacial score (nSPS) is 13.4. The first-order valence-electron chi connectivity index (χ1n) is 10.2. The monoisotopic (exact) mass is 514 g/mol. The molecule has 3 aromatic carbocycles. The summed E-state index contributed by atoms with van der Waals surface area (Å²) >= 11 is 18.0. The number of carbonyl (C=O) groups is 3. The van der Waals surface area contributed by atoms with Crippen LogP contribution in [0.25, 0.3) is 0 Å². The van der Waals surface area contributed by atoms with Crippen molar-refractivity contribution in [2.45, 2.75) is 6.42 Å². The van der Waals surface area contributed by atoms with Crippen LogP contribution in [-0.2, 0) is 16.0 Å². The van der Waals surface area contributed by atoms with Gasteiger partial charge in [-0.05, 0) is 54.4 Å². The van der Waals surface area contributed by atoms with Gasteiger partial charge in [0.05, 0.1) is 10.6 Å². The highest BCUT2D eigenvalue weighted by molar-refractivity contribution is 6.48. The Morgan fingerprint density at radius 2 is 1.59 bits per heavy atom. The Morgan fingerprint density at radius 1 is 0.882 bits per heavy atom. The Morgan fingerprint density at radius 3 is 2.26 bits per heavy atom. The van der Waals surface area contributed by atoms with Crippen LogP contribution in [0.1, 0.15) is 15.9 Å². The first-order chi connectivity index (χ1) is 16.3. The van der Waals surface area contributed by atoms with Gasteiger partial charge in [-0.1, -0.05) is 65.1 Å². The van der Waals surface area contributed by atoms with E-state index in [4.69, 9.17) is 39.5 Å². The minimum atomic E-state index is -0.618. The number of halogens is 3. The molecule has 0 aliphatic carbocycles. The zero-order valence-electron chi connectivity index (χ0n) is 17.6. The quantitative estimate of drug-likeness (QED) is 0.249. The van der Waals surface area contributed by atoms with Crippen LogP contribution < -0.4 is 10.1 Å². The predicted molar refractivity (Wildman–Crippen MR) is 131 cm³/mol. The van der Waals surface area contributed by atoms with Crippen LogP contribution in [-0.4, -0.2) is 29.2 Å². The number of esters is 1. The summed E-state index contributed by atoms with van der Waals surface area (Å²) in [6, 6.07) is 20.2. The van der Waals surface area contributed by atoms with Crippen molar-refractivity contribution in [2.75, 3.05) is 11.9 Å². The van der Waals surface area contributed by atoms with Gasteiger partial charge in [0.2, 0.25) is 0 Å². The van der Waals surface area contributed by atoms with Crippen LogP contribution in [0.3, 0.4) is 0 Å². The molecule has 0 bridgehead atoms. The lowest BCUT2D eigenvalue weighted by Crippen LogP contribution is -2.34. The molecule has 0 aromatic heterocycles. The topological polar surface area (TPSA) is 75.7 Å². The number of nitrogens with zero attached hydrogens (tertiary/aromatic N) is 1. The summed E-state index contributed by atoms with van der Waals surface area (Å²) in [4.78, 5) is 38.8.